The van der Waals surface area contributed by atoms with Crippen LogP contribution in [0.15, 0.2) is 16.9 Å². The van der Waals surface area contributed by atoms with Crippen molar-refractivity contribution in [1.82, 2.24) is 19.8 Å². The maximum absolute atomic E-state index is 13.1. The van der Waals surface area contributed by atoms with E-state index in [0.717, 1.165) is 54.9 Å². The minimum atomic E-state index is -0.226. The molecule has 2 unspecified atom stereocenters. The van der Waals surface area contributed by atoms with Crippen LogP contribution in [0.1, 0.15) is 54.7 Å². The van der Waals surface area contributed by atoms with Crippen LogP contribution < -0.4 is 0 Å². The van der Waals surface area contributed by atoms with Crippen molar-refractivity contribution in [3.63, 3.8) is 0 Å². The Bertz CT molecular complexity index is 699. The van der Waals surface area contributed by atoms with Crippen molar-refractivity contribution in [2.24, 2.45) is 0 Å². The molecule has 0 saturated carbocycles. The summed E-state index contributed by atoms with van der Waals surface area (Å²) in [5, 5.41) is 8.37. The van der Waals surface area contributed by atoms with Crippen molar-refractivity contribution in [3.05, 3.63) is 35.0 Å². The molecule has 0 radical (unpaired) electrons. The topological polar surface area (TPSA) is 64.2 Å². The van der Waals surface area contributed by atoms with E-state index in [-0.39, 0.29) is 17.9 Å². The highest BCUT2D eigenvalue weighted by atomic mass is 16.5. The van der Waals surface area contributed by atoms with Crippen molar-refractivity contribution in [2.75, 3.05) is 6.54 Å². The van der Waals surface area contributed by atoms with Crippen LogP contribution in [0.4, 0.5) is 0 Å². The van der Waals surface area contributed by atoms with Gasteiger partial charge < -0.3 is 9.42 Å². The van der Waals surface area contributed by atoms with Crippen molar-refractivity contribution in [3.8, 4) is 0 Å². The fraction of sp³-hybridized carbons (Fsp3) is 0.611. The van der Waals surface area contributed by atoms with Gasteiger partial charge in [-0.1, -0.05) is 5.16 Å². The first kappa shape index (κ1) is 16.7. The number of piperidine rings is 1. The number of nitrogens with zero attached hydrogens (tertiary/aromatic N) is 4. The molecule has 2 aromatic heterocycles. The molecule has 1 aliphatic heterocycles. The monoisotopic (exact) mass is 330 g/mol. The summed E-state index contributed by atoms with van der Waals surface area (Å²) in [6.07, 6.45) is 7.15. The quantitative estimate of drug-likeness (QED) is 0.864. The third kappa shape index (κ3) is 3.23. The number of carbonyl (C=O) groups excluding carboxylic acids is 1. The van der Waals surface area contributed by atoms with Crippen molar-refractivity contribution in [2.45, 2.75) is 65.5 Å². The highest BCUT2D eigenvalue weighted by molar-refractivity contribution is 5.84. The predicted molar refractivity (Wildman–Crippen MR) is 90.7 cm³/mol. The predicted octanol–water partition coefficient (Wildman–Crippen LogP) is 2.98. The lowest BCUT2D eigenvalue weighted by molar-refractivity contribution is -0.136. The van der Waals surface area contributed by atoms with E-state index in [2.05, 4.69) is 10.3 Å². The van der Waals surface area contributed by atoms with Gasteiger partial charge in [0, 0.05) is 18.3 Å². The second kappa shape index (κ2) is 6.79. The maximum atomic E-state index is 13.1. The Morgan fingerprint density at radius 3 is 2.79 bits per heavy atom. The fourth-order valence-corrected chi connectivity index (χ4v) is 3.74. The Balaban J connectivity index is 1.78. The van der Waals surface area contributed by atoms with Gasteiger partial charge in [0.25, 0.3) is 0 Å². The highest BCUT2D eigenvalue weighted by Crippen LogP contribution is 2.28. The van der Waals surface area contributed by atoms with E-state index in [1.807, 2.05) is 49.7 Å². The number of amides is 1. The lowest BCUT2D eigenvalue weighted by atomic mass is 9.94. The lowest BCUT2D eigenvalue weighted by Gasteiger charge is -2.37. The molecule has 1 fully saturated rings. The van der Waals surface area contributed by atoms with E-state index in [0.29, 0.717) is 0 Å². The summed E-state index contributed by atoms with van der Waals surface area (Å²) < 4.78 is 7.19. The van der Waals surface area contributed by atoms with E-state index in [1.165, 1.54) is 0 Å². The first-order valence-corrected chi connectivity index (χ1v) is 8.69. The molecule has 2 aromatic rings. The van der Waals surface area contributed by atoms with E-state index in [9.17, 15) is 4.79 Å². The smallest absolute Gasteiger partial charge is 0.230 e. The van der Waals surface area contributed by atoms with Gasteiger partial charge in [-0.15, -0.1) is 0 Å². The van der Waals surface area contributed by atoms with Crippen LogP contribution in [0.25, 0.3) is 0 Å². The Morgan fingerprint density at radius 2 is 2.17 bits per heavy atom. The lowest BCUT2D eigenvalue weighted by Crippen LogP contribution is -2.47. The minimum absolute atomic E-state index is 0.165. The molecule has 1 amide bonds. The molecule has 0 aliphatic carbocycles. The summed E-state index contributed by atoms with van der Waals surface area (Å²) in [6, 6.07) is 0.202. The first-order chi connectivity index (χ1) is 11.5. The van der Waals surface area contributed by atoms with Crippen LogP contribution >= 0.6 is 0 Å². The molecule has 1 saturated heterocycles. The molecule has 3 rings (SSSR count). The zero-order valence-corrected chi connectivity index (χ0v) is 15.0. The first-order valence-electron chi connectivity index (χ1n) is 8.69. The average Bonchev–Trinajstić information content (AvgIpc) is 3.12. The van der Waals surface area contributed by atoms with Crippen molar-refractivity contribution >= 4 is 5.91 Å². The van der Waals surface area contributed by atoms with Crippen LogP contribution in [0.5, 0.6) is 0 Å². The molecular weight excluding hydrogens is 304 g/mol. The number of carbonyl (C=O) groups is 1. The van der Waals surface area contributed by atoms with Gasteiger partial charge in [-0.25, -0.2) is 0 Å². The highest BCUT2D eigenvalue weighted by Gasteiger charge is 2.32. The molecule has 130 valence electrons. The molecule has 0 aromatic carbocycles. The number of aromatic nitrogens is 3. The van der Waals surface area contributed by atoms with Gasteiger partial charge in [0.05, 0.1) is 30.4 Å². The second-order valence-corrected chi connectivity index (χ2v) is 6.88. The average molecular weight is 330 g/mol. The van der Waals surface area contributed by atoms with E-state index in [1.54, 1.807) is 0 Å². The van der Waals surface area contributed by atoms with Crippen molar-refractivity contribution < 1.29 is 9.32 Å². The molecule has 0 bridgehead atoms. The second-order valence-electron chi connectivity index (χ2n) is 6.88. The molecule has 0 N–H and O–H groups in total. The molecule has 24 heavy (non-hydrogen) atoms. The molecule has 0 spiro atoms. The van der Waals surface area contributed by atoms with Crippen LogP contribution in [0.2, 0.25) is 0 Å². The summed E-state index contributed by atoms with van der Waals surface area (Å²) in [4.78, 5) is 15.2. The molecule has 3 heterocycles. The molecule has 6 nitrogen and oxygen atoms in total. The number of hydrogen-bond donors (Lipinski definition) is 0. The van der Waals surface area contributed by atoms with Gasteiger partial charge in [-0.05, 0) is 52.5 Å². The Kier molecular flexibility index (Phi) is 4.73. The maximum Gasteiger partial charge on any atom is 0.230 e. The number of hydrogen-bond acceptors (Lipinski definition) is 4. The van der Waals surface area contributed by atoms with Gasteiger partial charge in [0.1, 0.15) is 5.76 Å². The Hall–Kier alpha value is -2.11. The van der Waals surface area contributed by atoms with E-state index in [4.69, 9.17) is 4.52 Å². The molecule has 2 atom stereocenters. The van der Waals surface area contributed by atoms with Crippen LogP contribution in [-0.4, -0.2) is 38.3 Å². The summed E-state index contributed by atoms with van der Waals surface area (Å²) in [5.74, 6) is 0.679. The third-order valence-corrected chi connectivity index (χ3v) is 4.96. The van der Waals surface area contributed by atoms with Crippen LogP contribution in [0.3, 0.4) is 0 Å². The molecule has 1 aliphatic rings. The SMILES string of the molecule is Cc1cnn(CC2CCCCN2C(=O)C(C)c2c(C)noc2C)c1. The number of likely N-dealkylation sites (tertiary alicyclic amines) is 1. The molecular formula is C18H26N4O2. The minimum Gasteiger partial charge on any atom is -0.361 e. The summed E-state index contributed by atoms with van der Waals surface area (Å²) in [6.45, 7) is 9.34. The van der Waals surface area contributed by atoms with Gasteiger partial charge in [0.2, 0.25) is 5.91 Å². The van der Waals surface area contributed by atoms with E-state index >= 15 is 0 Å². The summed E-state index contributed by atoms with van der Waals surface area (Å²) in [7, 11) is 0. The normalized spacial score (nSPS) is 19.5. The van der Waals surface area contributed by atoms with Gasteiger partial charge >= 0.3 is 0 Å². The molecule has 6 heteroatoms. The summed E-state index contributed by atoms with van der Waals surface area (Å²) >= 11 is 0. The number of rotatable bonds is 4. The van der Waals surface area contributed by atoms with Gasteiger partial charge in [0.15, 0.2) is 0 Å². The van der Waals surface area contributed by atoms with Crippen LogP contribution in [-0.2, 0) is 11.3 Å². The van der Waals surface area contributed by atoms with Crippen molar-refractivity contribution in [1.29, 1.82) is 0 Å². The van der Waals surface area contributed by atoms with Gasteiger partial charge in [-0.3, -0.25) is 9.48 Å². The summed E-state index contributed by atoms with van der Waals surface area (Å²) in [5.41, 5.74) is 2.89. The number of aryl methyl sites for hydroxylation is 3. The Morgan fingerprint density at radius 1 is 1.38 bits per heavy atom. The van der Waals surface area contributed by atoms with Gasteiger partial charge in [-0.2, -0.15) is 5.10 Å². The largest absolute Gasteiger partial charge is 0.361 e. The fourth-order valence-electron chi connectivity index (χ4n) is 3.74. The van der Waals surface area contributed by atoms with E-state index < -0.39 is 0 Å². The zero-order valence-electron chi connectivity index (χ0n) is 15.0. The third-order valence-electron chi connectivity index (χ3n) is 4.96. The van der Waals surface area contributed by atoms with Crippen LogP contribution in [0, 0.1) is 20.8 Å². The standard InChI is InChI=1S/C18H26N4O2/c1-12-9-19-21(10-12)11-16-7-5-6-8-22(16)18(23)13(2)17-14(3)20-24-15(17)4/h9-10,13,16H,5-8,11H2,1-4H3. The Labute approximate surface area is 142 Å². The zero-order chi connectivity index (χ0) is 17.3.